The van der Waals surface area contributed by atoms with E-state index in [0.29, 0.717) is 12.5 Å². The van der Waals surface area contributed by atoms with Gasteiger partial charge in [-0.2, -0.15) is 0 Å². The Morgan fingerprint density at radius 1 is 1.54 bits per heavy atom. The van der Waals surface area contributed by atoms with Crippen LogP contribution in [0, 0.1) is 11.8 Å². The molecule has 0 aromatic carbocycles. The lowest BCUT2D eigenvalue weighted by Crippen LogP contribution is -2.36. The molecule has 76 valence electrons. The Morgan fingerprint density at radius 2 is 2.23 bits per heavy atom. The summed E-state index contributed by atoms with van der Waals surface area (Å²) >= 11 is 0. The number of esters is 1. The Hall–Kier alpha value is -0.570. The summed E-state index contributed by atoms with van der Waals surface area (Å²) in [6.07, 6.45) is 2.79. The second kappa shape index (κ2) is 4.61. The van der Waals surface area contributed by atoms with E-state index in [9.17, 15) is 4.79 Å². The Balaban J connectivity index is 2.45. The van der Waals surface area contributed by atoms with Crippen LogP contribution in [0.1, 0.15) is 33.1 Å². The van der Waals surface area contributed by atoms with Crippen LogP contribution in [0.4, 0.5) is 0 Å². The van der Waals surface area contributed by atoms with Crippen molar-refractivity contribution in [3.8, 4) is 0 Å². The van der Waals surface area contributed by atoms with Crippen LogP contribution < -0.4 is 5.73 Å². The summed E-state index contributed by atoms with van der Waals surface area (Å²) in [5.41, 5.74) is 5.81. The van der Waals surface area contributed by atoms with Gasteiger partial charge in [0.15, 0.2) is 0 Å². The van der Waals surface area contributed by atoms with Crippen molar-refractivity contribution in [3.63, 3.8) is 0 Å². The van der Waals surface area contributed by atoms with Crippen molar-refractivity contribution >= 4 is 5.97 Å². The molecule has 0 radical (unpaired) electrons. The van der Waals surface area contributed by atoms with Gasteiger partial charge in [-0.1, -0.05) is 6.92 Å². The lowest BCUT2D eigenvalue weighted by molar-refractivity contribution is -0.151. The van der Waals surface area contributed by atoms with Crippen molar-refractivity contribution in [2.24, 2.45) is 17.6 Å². The van der Waals surface area contributed by atoms with Crippen molar-refractivity contribution < 1.29 is 9.53 Å². The average Bonchev–Trinajstić information content (AvgIpc) is 2.04. The zero-order chi connectivity index (χ0) is 9.84. The molecule has 1 saturated carbocycles. The second-order valence-corrected chi connectivity index (χ2v) is 3.91. The Labute approximate surface area is 79.6 Å². The first-order valence-corrected chi connectivity index (χ1v) is 5.07. The van der Waals surface area contributed by atoms with Gasteiger partial charge in [0.2, 0.25) is 0 Å². The predicted octanol–water partition coefficient (Wildman–Crippen LogP) is 1.31. The number of rotatable bonds is 2. The van der Waals surface area contributed by atoms with Crippen molar-refractivity contribution in [1.29, 1.82) is 0 Å². The smallest absolute Gasteiger partial charge is 0.309 e. The highest BCUT2D eigenvalue weighted by molar-refractivity contribution is 5.72. The maximum absolute atomic E-state index is 11.5. The Kier molecular flexibility index (Phi) is 3.72. The predicted molar refractivity (Wildman–Crippen MR) is 51.1 cm³/mol. The quantitative estimate of drug-likeness (QED) is 0.660. The van der Waals surface area contributed by atoms with Gasteiger partial charge < -0.3 is 10.5 Å². The van der Waals surface area contributed by atoms with Gasteiger partial charge in [-0.15, -0.1) is 0 Å². The van der Waals surface area contributed by atoms with Gasteiger partial charge in [-0.25, -0.2) is 0 Å². The van der Waals surface area contributed by atoms with Gasteiger partial charge >= 0.3 is 5.97 Å². The number of carbonyl (C=O) groups is 1. The third-order valence-corrected chi connectivity index (χ3v) is 2.80. The largest absolute Gasteiger partial charge is 0.466 e. The van der Waals surface area contributed by atoms with Gasteiger partial charge in [-0.3, -0.25) is 4.79 Å². The van der Waals surface area contributed by atoms with E-state index in [-0.39, 0.29) is 17.9 Å². The van der Waals surface area contributed by atoms with E-state index in [2.05, 4.69) is 6.92 Å². The summed E-state index contributed by atoms with van der Waals surface area (Å²) in [5, 5.41) is 0. The summed E-state index contributed by atoms with van der Waals surface area (Å²) in [7, 11) is 0. The number of nitrogens with two attached hydrogens (primary N) is 1. The van der Waals surface area contributed by atoms with Crippen molar-refractivity contribution in [1.82, 2.24) is 0 Å². The van der Waals surface area contributed by atoms with E-state index in [0.717, 1.165) is 19.3 Å². The van der Waals surface area contributed by atoms with Crippen LogP contribution in [0.3, 0.4) is 0 Å². The molecule has 0 bridgehead atoms. The highest BCUT2D eigenvalue weighted by Crippen LogP contribution is 2.29. The third-order valence-electron chi connectivity index (χ3n) is 2.80. The van der Waals surface area contributed by atoms with Crippen LogP contribution in [0.15, 0.2) is 0 Å². The fourth-order valence-corrected chi connectivity index (χ4v) is 2.04. The zero-order valence-electron chi connectivity index (χ0n) is 8.45. The number of hydrogen-bond donors (Lipinski definition) is 1. The SMILES string of the molecule is CCOC(=O)[C@H]1CC[C@H](N)C[C@H]1C. The van der Waals surface area contributed by atoms with Gasteiger partial charge in [0.05, 0.1) is 12.5 Å². The standard InChI is InChI=1S/C10H19NO2/c1-3-13-10(12)9-5-4-8(11)6-7(9)2/h7-9H,3-6,11H2,1-2H3/t7-,8+,9+/m1/s1. The normalized spacial score (nSPS) is 34.2. The number of carbonyl (C=O) groups excluding carboxylic acids is 1. The first-order chi connectivity index (χ1) is 6.15. The maximum atomic E-state index is 11.5. The molecule has 1 rings (SSSR count). The zero-order valence-corrected chi connectivity index (χ0v) is 8.45. The molecule has 3 nitrogen and oxygen atoms in total. The number of hydrogen-bond acceptors (Lipinski definition) is 3. The van der Waals surface area contributed by atoms with E-state index in [4.69, 9.17) is 10.5 Å². The van der Waals surface area contributed by atoms with E-state index in [1.54, 1.807) is 0 Å². The monoisotopic (exact) mass is 185 g/mol. The Morgan fingerprint density at radius 3 is 2.77 bits per heavy atom. The minimum absolute atomic E-state index is 0.0399. The van der Waals surface area contributed by atoms with Crippen LogP contribution in [0.5, 0.6) is 0 Å². The topological polar surface area (TPSA) is 52.3 Å². The van der Waals surface area contributed by atoms with Gasteiger partial charge in [-0.05, 0) is 32.1 Å². The minimum atomic E-state index is -0.0399. The molecule has 0 spiro atoms. The first-order valence-electron chi connectivity index (χ1n) is 5.07. The molecule has 0 aromatic rings. The summed E-state index contributed by atoms with van der Waals surface area (Å²) in [5.74, 6) is 0.421. The van der Waals surface area contributed by atoms with Gasteiger partial charge in [0, 0.05) is 6.04 Å². The lowest BCUT2D eigenvalue weighted by atomic mass is 9.78. The Bertz CT molecular complexity index is 182. The third kappa shape index (κ3) is 2.69. The summed E-state index contributed by atoms with van der Waals surface area (Å²) < 4.78 is 5.01. The summed E-state index contributed by atoms with van der Waals surface area (Å²) in [4.78, 5) is 11.5. The molecule has 0 saturated heterocycles. The van der Waals surface area contributed by atoms with Crippen LogP contribution in [0.2, 0.25) is 0 Å². The molecule has 0 heterocycles. The van der Waals surface area contributed by atoms with Crippen LogP contribution in [-0.2, 0) is 9.53 Å². The molecule has 13 heavy (non-hydrogen) atoms. The number of ether oxygens (including phenoxy) is 1. The molecule has 1 aliphatic rings. The first kappa shape index (κ1) is 10.5. The molecule has 2 N–H and O–H groups in total. The molecule has 0 aromatic heterocycles. The lowest BCUT2D eigenvalue weighted by Gasteiger charge is -2.30. The van der Waals surface area contributed by atoms with Crippen molar-refractivity contribution in [2.45, 2.75) is 39.2 Å². The molecule has 1 aliphatic carbocycles. The molecule has 3 heteroatoms. The van der Waals surface area contributed by atoms with E-state index in [1.165, 1.54) is 0 Å². The van der Waals surface area contributed by atoms with Crippen LogP contribution in [0.25, 0.3) is 0 Å². The van der Waals surface area contributed by atoms with E-state index in [1.807, 2.05) is 6.92 Å². The van der Waals surface area contributed by atoms with Gasteiger partial charge in [0.1, 0.15) is 0 Å². The minimum Gasteiger partial charge on any atom is -0.466 e. The average molecular weight is 185 g/mol. The molecule has 0 aliphatic heterocycles. The molecule has 3 atom stereocenters. The molecule has 1 fully saturated rings. The van der Waals surface area contributed by atoms with E-state index < -0.39 is 0 Å². The van der Waals surface area contributed by atoms with Crippen molar-refractivity contribution in [2.75, 3.05) is 6.61 Å². The summed E-state index contributed by atoms with van der Waals surface area (Å²) in [6, 6.07) is 0.278. The van der Waals surface area contributed by atoms with Crippen LogP contribution in [-0.4, -0.2) is 18.6 Å². The molecule has 0 amide bonds. The van der Waals surface area contributed by atoms with Crippen molar-refractivity contribution in [3.05, 3.63) is 0 Å². The van der Waals surface area contributed by atoms with Gasteiger partial charge in [0.25, 0.3) is 0 Å². The summed E-state index contributed by atoms with van der Waals surface area (Å²) in [6.45, 7) is 4.41. The highest BCUT2D eigenvalue weighted by Gasteiger charge is 2.31. The van der Waals surface area contributed by atoms with E-state index >= 15 is 0 Å². The fourth-order valence-electron chi connectivity index (χ4n) is 2.04. The fraction of sp³-hybridized carbons (Fsp3) is 0.900. The second-order valence-electron chi connectivity index (χ2n) is 3.91. The maximum Gasteiger partial charge on any atom is 0.309 e. The molecule has 0 unspecified atom stereocenters. The highest BCUT2D eigenvalue weighted by atomic mass is 16.5. The molecular formula is C10H19NO2. The van der Waals surface area contributed by atoms with Crippen LogP contribution >= 0.6 is 0 Å². The molecular weight excluding hydrogens is 166 g/mol.